The van der Waals surface area contributed by atoms with Crippen LogP contribution in [-0.4, -0.2) is 74.9 Å². The fourth-order valence-corrected chi connectivity index (χ4v) is 10.4. The first-order chi connectivity index (χ1) is 43.5. The minimum absolute atomic E-state index is 0.0171. The highest BCUT2D eigenvalue weighted by atomic mass is 31.2. The fraction of sp³-hybridized carbons (Fsp3) is 0.671. The molecule has 0 aliphatic carbocycles. The second kappa shape index (κ2) is 68.3. The lowest BCUT2D eigenvalue weighted by atomic mass is 10.0. The molecular formula is C79H135NO8P+. The molecule has 508 valence electrons. The fourth-order valence-electron chi connectivity index (χ4n) is 9.65. The standard InChI is InChI=1S/C79H134NO8P/c1-6-8-10-12-14-16-18-20-22-24-26-28-30-32-34-35-36-37-38-39-40-41-42-43-44-45-46-48-50-52-54-56-58-60-62-64-66-68-70-72-79(82)88-77(76-87-89(83,84)86-74-73-80(3,4)5)75-85-78(81)71-69-67-65-63-61-59-57-55-53-51-49-47-33-31-29-27-25-23-21-19-17-15-13-11-9-7-2/h8,10,14,16,20,22,26,28,32,34,36-37,39-40,42-43,45-46,50,52,56,58,62,64,77H,6-7,9,11-13,15,17-19,21,23-25,27,29-31,33,35,38,41,44,47-49,51,53-55,57,59-61,63,65-76H2,1-5H3/p+1/b10-8-,16-14-,22-20-,28-26-,34-32-,37-36-,40-39-,43-42-,46-45-,52-50-,58-56-,64-62-. The highest BCUT2D eigenvalue weighted by Gasteiger charge is 2.27. The van der Waals surface area contributed by atoms with E-state index < -0.39 is 26.5 Å². The monoisotopic (exact) mass is 1260 g/mol. The molecule has 0 radical (unpaired) electrons. The Labute approximate surface area is 548 Å². The SMILES string of the molecule is CC/C=C\C/C=C\C/C=C\C/C=C\C/C=C\C/C=C\C/C=C\C/C=C\C/C=C\C/C=C\C/C=C\C/C=C\CCCCC(=O)OC(COC(=O)CCCCCCCCCCCCCCCCCCCCCCCCCCCC)COP(=O)(O)OCC[N+](C)(C)C. The molecule has 9 nitrogen and oxygen atoms in total. The van der Waals surface area contributed by atoms with Gasteiger partial charge in [0.25, 0.3) is 0 Å². The van der Waals surface area contributed by atoms with Gasteiger partial charge in [-0.05, 0) is 103 Å². The highest BCUT2D eigenvalue weighted by Crippen LogP contribution is 2.43. The smallest absolute Gasteiger partial charge is 0.462 e. The Morgan fingerprint density at radius 3 is 0.955 bits per heavy atom. The van der Waals surface area contributed by atoms with Gasteiger partial charge in [0.15, 0.2) is 6.10 Å². The number of hydrogen-bond donors (Lipinski definition) is 1. The minimum atomic E-state index is -4.41. The molecule has 0 aliphatic heterocycles. The van der Waals surface area contributed by atoms with Gasteiger partial charge >= 0.3 is 19.8 Å². The number of likely N-dealkylation sites (N-methyl/N-ethyl adjacent to an activating group) is 1. The molecule has 0 rings (SSSR count). The van der Waals surface area contributed by atoms with Gasteiger partial charge in [0.1, 0.15) is 19.8 Å². The summed E-state index contributed by atoms with van der Waals surface area (Å²) in [4.78, 5) is 35.9. The molecule has 0 spiro atoms. The van der Waals surface area contributed by atoms with Gasteiger partial charge < -0.3 is 18.9 Å². The number of phosphoric ester groups is 1. The van der Waals surface area contributed by atoms with Crippen LogP contribution in [0.25, 0.3) is 0 Å². The van der Waals surface area contributed by atoms with E-state index in [1.165, 1.54) is 148 Å². The summed E-state index contributed by atoms with van der Waals surface area (Å²) in [6, 6.07) is 0. The van der Waals surface area contributed by atoms with E-state index >= 15 is 0 Å². The van der Waals surface area contributed by atoms with Gasteiger partial charge in [-0.25, -0.2) is 4.57 Å². The van der Waals surface area contributed by atoms with Crippen LogP contribution in [0.2, 0.25) is 0 Å². The molecule has 0 fully saturated rings. The van der Waals surface area contributed by atoms with E-state index in [-0.39, 0.29) is 32.0 Å². The van der Waals surface area contributed by atoms with E-state index in [1.54, 1.807) is 0 Å². The molecule has 0 saturated heterocycles. The van der Waals surface area contributed by atoms with Crippen LogP contribution in [0.3, 0.4) is 0 Å². The van der Waals surface area contributed by atoms with Crippen molar-refractivity contribution in [2.24, 2.45) is 0 Å². The van der Waals surface area contributed by atoms with E-state index in [4.69, 9.17) is 18.5 Å². The molecule has 0 bridgehead atoms. The molecule has 0 amide bonds. The second-order valence-corrected chi connectivity index (χ2v) is 26.4. The molecule has 0 aromatic heterocycles. The van der Waals surface area contributed by atoms with E-state index in [0.717, 1.165) is 109 Å². The van der Waals surface area contributed by atoms with Crippen LogP contribution in [0.4, 0.5) is 0 Å². The zero-order valence-corrected chi connectivity index (χ0v) is 58.8. The Morgan fingerprint density at radius 2 is 0.640 bits per heavy atom. The average Bonchev–Trinajstić information content (AvgIpc) is 3.60. The van der Waals surface area contributed by atoms with Gasteiger partial charge in [-0.2, -0.15) is 0 Å². The molecule has 1 N–H and O–H groups in total. The molecule has 10 heteroatoms. The predicted molar refractivity (Wildman–Crippen MR) is 385 cm³/mol. The van der Waals surface area contributed by atoms with Crippen molar-refractivity contribution in [2.45, 2.75) is 296 Å². The number of rotatable bonds is 65. The first kappa shape index (κ1) is 84.9. The summed E-state index contributed by atoms with van der Waals surface area (Å²) in [6.07, 6.45) is 101. The number of esters is 2. The lowest BCUT2D eigenvalue weighted by molar-refractivity contribution is -0.870. The van der Waals surface area contributed by atoms with Crippen LogP contribution >= 0.6 is 7.82 Å². The summed E-state index contributed by atoms with van der Waals surface area (Å²) in [7, 11) is 1.44. The van der Waals surface area contributed by atoms with Gasteiger partial charge in [-0.3, -0.25) is 18.6 Å². The second-order valence-electron chi connectivity index (χ2n) is 24.9. The van der Waals surface area contributed by atoms with E-state index in [1.807, 2.05) is 21.1 Å². The van der Waals surface area contributed by atoms with E-state index in [9.17, 15) is 19.0 Å². The van der Waals surface area contributed by atoms with Gasteiger partial charge in [0.2, 0.25) is 0 Å². The molecule has 89 heavy (non-hydrogen) atoms. The van der Waals surface area contributed by atoms with Crippen molar-refractivity contribution in [3.63, 3.8) is 0 Å². The van der Waals surface area contributed by atoms with Crippen LogP contribution in [0.15, 0.2) is 146 Å². The van der Waals surface area contributed by atoms with Crippen molar-refractivity contribution in [1.82, 2.24) is 0 Å². The van der Waals surface area contributed by atoms with Crippen molar-refractivity contribution >= 4 is 19.8 Å². The third-order valence-corrected chi connectivity index (χ3v) is 16.1. The van der Waals surface area contributed by atoms with Crippen molar-refractivity contribution < 1.29 is 42.1 Å². The van der Waals surface area contributed by atoms with Crippen LogP contribution in [0, 0.1) is 0 Å². The van der Waals surface area contributed by atoms with Gasteiger partial charge in [-0.1, -0.05) is 320 Å². The number of quaternary nitrogens is 1. The quantitative estimate of drug-likeness (QED) is 0.0211. The van der Waals surface area contributed by atoms with Crippen LogP contribution in [0.1, 0.15) is 290 Å². The Morgan fingerprint density at radius 1 is 0.360 bits per heavy atom. The highest BCUT2D eigenvalue weighted by molar-refractivity contribution is 7.47. The summed E-state index contributed by atoms with van der Waals surface area (Å²) < 4.78 is 34.7. The number of carbonyl (C=O) groups excluding carboxylic acids is 2. The number of phosphoric acid groups is 1. The number of ether oxygens (including phenoxy) is 2. The van der Waals surface area contributed by atoms with Crippen LogP contribution < -0.4 is 0 Å². The number of nitrogens with zero attached hydrogens (tertiary/aromatic N) is 1. The number of carbonyl (C=O) groups is 2. The Hall–Kier alpha value is -4.11. The zero-order chi connectivity index (χ0) is 64.8. The molecule has 0 aromatic carbocycles. The molecule has 0 saturated carbocycles. The number of hydrogen-bond acceptors (Lipinski definition) is 7. The van der Waals surface area contributed by atoms with Crippen molar-refractivity contribution in [2.75, 3.05) is 47.5 Å². The Balaban J connectivity index is 4.18. The zero-order valence-electron chi connectivity index (χ0n) is 57.9. The summed E-state index contributed by atoms with van der Waals surface area (Å²) in [6.45, 7) is 4.29. The summed E-state index contributed by atoms with van der Waals surface area (Å²) in [5.41, 5.74) is 0. The number of allylic oxidation sites excluding steroid dienone is 24. The topological polar surface area (TPSA) is 108 Å². The molecule has 2 unspecified atom stereocenters. The normalized spacial score (nSPS) is 14.0. The third kappa shape index (κ3) is 72.8. The van der Waals surface area contributed by atoms with Gasteiger partial charge in [-0.15, -0.1) is 0 Å². The maximum Gasteiger partial charge on any atom is 0.472 e. The lowest BCUT2D eigenvalue weighted by Gasteiger charge is -2.24. The Kier molecular flexibility index (Phi) is 65.1. The van der Waals surface area contributed by atoms with E-state index in [2.05, 4.69) is 160 Å². The maximum absolute atomic E-state index is 12.9. The summed E-state index contributed by atoms with van der Waals surface area (Å²) >= 11 is 0. The van der Waals surface area contributed by atoms with Crippen LogP contribution in [-0.2, 0) is 32.7 Å². The molecule has 0 heterocycles. The average molecular weight is 1260 g/mol. The minimum Gasteiger partial charge on any atom is -0.462 e. The van der Waals surface area contributed by atoms with Crippen molar-refractivity contribution in [3.8, 4) is 0 Å². The molecule has 0 aromatic rings. The molecule has 0 aliphatic rings. The van der Waals surface area contributed by atoms with E-state index in [0.29, 0.717) is 17.4 Å². The lowest BCUT2D eigenvalue weighted by Crippen LogP contribution is -2.37. The largest absolute Gasteiger partial charge is 0.472 e. The van der Waals surface area contributed by atoms with Gasteiger partial charge in [0, 0.05) is 12.8 Å². The Bertz CT molecular complexity index is 2010. The third-order valence-electron chi connectivity index (χ3n) is 15.1. The predicted octanol–water partition coefficient (Wildman–Crippen LogP) is 23.8. The van der Waals surface area contributed by atoms with Crippen molar-refractivity contribution in [1.29, 1.82) is 0 Å². The first-order valence-electron chi connectivity index (χ1n) is 36.1. The molecule has 2 atom stereocenters. The summed E-state index contributed by atoms with van der Waals surface area (Å²) in [5.74, 6) is -0.848. The number of unbranched alkanes of at least 4 members (excludes halogenated alkanes) is 27. The van der Waals surface area contributed by atoms with Crippen molar-refractivity contribution in [3.05, 3.63) is 146 Å². The molecular weight excluding hydrogens is 1120 g/mol. The summed E-state index contributed by atoms with van der Waals surface area (Å²) in [5, 5.41) is 0. The van der Waals surface area contributed by atoms with Gasteiger partial charge in [0.05, 0.1) is 27.7 Å². The maximum atomic E-state index is 12.9. The van der Waals surface area contributed by atoms with Crippen LogP contribution in [0.5, 0.6) is 0 Å². The first-order valence-corrected chi connectivity index (χ1v) is 37.6.